The molecule has 25 heavy (non-hydrogen) atoms. The number of hydrogen-bond donors (Lipinski definition) is 2. The smallest absolute Gasteiger partial charge is 0.264 e. The molecule has 134 valence electrons. The van der Waals surface area contributed by atoms with Gasteiger partial charge < -0.3 is 15.2 Å². The molecule has 0 amide bonds. The lowest BCUT2D eigenvalue weighted by Crippen LogP contribution is -2.26. The maximum absolute atomic E-state index is 13.0. The molecule has 1 aliphatic heterocycles. The highest BCUT2D eigenvalue weighted by atomic mass is 32.2. The molecule has 2 N–H and O–H groups in total. The van der Waals surface area contributed by atoms with Crippen molar-refractivity contribution in [1.29, 1.82) is 0 Å². The Morgan fingerprint density at radius 2 is 1.88 bits per heavy atom. The molecule has 1 atom stereocenters. The van der Waals surface area contributed by atoms with Crippen molar-refractivity contribution in [1.82, 2.24) is 5.32 Å². The predicted octanol–water partition coefficient (Wildman–Crippen LogP) is 2.25. The van der Waals surface area contributed by atoms with Crippen molar-refractivity contribution >= 4 is 15.7 Å². The molecule has 7 heteroatoms. The van der Waals surface area contributed by atoms with Crippen LogP contribution in [0.5, 0.6) is 5.75 Å². The van der Waals surface area contributed by atoms with Gasteiger partial charge in [-0.25, -0.2) is 8.42 Å². The molecule has 0 aromatic heterocycles. The van der Waals surface area contributed by atoms with Crippen LogP contribution in [0, 0.1) is 0 Å². The van der Waals surface area contributed by atoms with E-state index in [9.17, 15) is 13.5 Å². The van der Waals surface area contributed by atoms with Gasteiger partial charge in [0.25, 0.3) is 10.0 Å². The Balaban J connectivity index is 2.17. The van der Waals surface area contributed by atoms with E-state index in [1.807, 2.05) is 18.2 Å². The SMILES string of the molecule is COCCCNC1c2ccccc2S(=O)(=O)N(C)c2c(O)cccc21. The van der Waals surface area contributed by atoms with E-state index in [-0.39, 0.29) is 16.7 Å². The van der Waals surface area contributed by atoms with Crippen molar-refractivity contribution in [2.75, 3.05) is 31.6 Å². The van der Waals surface area contributed by atoms with Crippen LogP contribution in [0.2, 0.25) is 0 Å². The average Bonchev–Trinajstić information content (AvgIpc) is 2.67. The lowest BCUT2D eigenvalue weighted by molar-refractivity contribution is 0.193. The number of aromatic hydroxyl groups is 1. The molecule has 0 aliphatic carbocycles. The van der Waals surface area contributed by atoms with Gasteiger partial charge in [-0.1, -0.05) is 30.3 Å². The summed E-state index contributed by atoms with van der Waals surface area (Å²) in [7, 11) is -0.634. The van der Waals surface area contributed by atoms with Crippen LogP contribution in [-0.4, -0.2) is 40.8 Å². The molecule has 0 bridgehead atoms. The molecule has 2 aromatic rings. The van der Waals surface area contributed by atoms with Gasteiger partial charge in [0.15, 0.2) is 0 Å². The number of sulfonamides is 1. The molecule has 0 saturated carbocycles. The number of hydrogen-bond acceptors (Lipinski definition) is 5. The maximum Gasteiger partial charge on any atom is 0.264 e. The van der Waals surface area contributed by atoms with Crippen molar-refractivity contribution in [2.24, 2.45) is 0 Å². The van der Waals surface area contributed by atoms with Gasteiger partial charge in [-0.3, -0.25) is 4.31 Å². The second kappa shape index (κ2) is 7.03. The molecule has 1 heterocycles. The summed E-state index contributed by atoms with van der Waals surface area (Å²) in [5.41, 5.74) is 1.72. The first-order valence-corrected chi connectivity index (χ1v) is 9.54. The fourth-order valence-electron chi connectivity index (χ4n) is 3.20. The molecule has 3 rings (SSSR count). The minimum Gasteiger partial charge on any atom is -0.506 e. The summed E-state index contributed by atoms with van der Waals surface area (Å²) in [6.07, 6.45) is 0.798. The van der Waals surface area contributed by atoms with Crippen LogP contribution < -0.4 is 9.62 Å². The molecule has 1 unspecified atom stereocenters. The summed E-state index contributed by atoms with van der Waals surface area (Å²) in [4.78, 5) is 0.248. The van der Waals surface area contributed by atoms with Gasteiger partial charge in [-0.05, 0) is 30.7 Å². The molecular formula is C18H22N2O4S. The van der Waals surface area contributed by atoms with Crippen LogP contribution in [0.3, 0.4) is 0 Å². The third-order valence-electron chi connectivity index (χ3n) is 4.41. The zero-order chi connectivity index (χ0) is 18.0. The Labute approximate surface area is 148 Å². The van der Waals surface area contributed by atoms with E-state index in [1.54, 1.807) is 25.3 Å². The first kappa shape index (κ1) is 17.7. The maximum atomic E-state index is 13.0. The normalized spacial score (nSPS) is 18.3. The Morgan fingerprint density at radius 3 is 2.64 bits per heavy atom. The lowest BCUT2D eigenvalue weighted by Gasteiger charge is -2.23. The average molecular weight is 362 g/mol. The van der Waals surface area contributed by atoms with Crippen LogP contribution in [0.25, 0.3) is 0 Å². The topological polar surface area (TPSA) is 78.9 Å². The minimum atomic E-state index is -3.75. The number of phenolic OH excluding ortho intramolecular Hbond substituents is 1. The van der Waals surface area contributed by atoms with E-state index in [2.05, 4.69) is 5.32 Å². The highest BCUT2D eigenvalue weighted by Crippen LogP contribution is 2.43. The van der Waals surface area contributed by atoms with Crippen molar-refractivity contribution < 1.29 is 18.3 Å². The molecule has 1 aliphatic rings. The summed E-state index contributed by atoms with van der Waals surface area (Å²) in [5.74, 6) is -0.0555. The van der Waals surface area contributed by atoms with Crippen LogP contribution in [0.1, 0.15) is 23.6 Å². The largest absolute Gasteiger partial charge is 0.506 e. The Hall–Kier alpha value is -2.09. The number of fused-ring (bicyclic) bond motifs is 2. The predicted molar refractivity (Wildman–Crippen MR) is 96.5 cm³/mol. The number of anilines is 1. The standard InChI is InChI=1S/C18H22N2O4S/c1-20-18-14(8-5-9-15(18)21)17(19-11-6-12-24-2)13-7-3-4-10-16(13)25(20,22)23/h3-5,7-10,17,19,21H,6,11-12H2,1-2H3. The molecule has 6 nitrogen and oxygen atoms in total. The van der Waals surface area contributed by atoms with Crippen LogP contribution in [0.4, 0.5) is 5.69 Å². The van der Waals surface area contributed by atoms with E-state index >= 15 is 0 Å². The van der Waals surface area contributed by atoms with Crippen molar-refractivity contribution in [3.63, 3.8) is 0 Å². The molecule has 0 saturated heterocycles. The third-order valence-corrected chi connectivity index (χ3v) is 6.25. The number of para-hydroxylation sites is 1. The number of rotatable bonds is 5. The van der Waals surface area contributed by atoms with Gasteiger partial charge in [-0.2, -0.15) is 0 Å². The highest BCUT2D eigenvalue weighted by molar-refractivity contribution is 7.92. The van der Waals surface area contributed by atoms with E-state index in [4.69, 9.17) is 4.74 Å². The number of nitrogens with one attached hydrogen (secondary N) is 1. The Morgan fingerprint density at radius 1 is 1.16 bits per heavy atom. The van der Waals surface area contributed by atoms with Crippen LogP contribution in [0.15, 0.2) is 47.4 Å². The fraction of sp³-hybridized carbons (Fsp3) is 0.333. The molecule has 0 radical (unpaired) electrons. The summed E-state index contributed by atoms with van der Waals surface area (Å²) >= 11 is 0. The van der Waals surface area contributed by atoms with Crippen LogP contribution in [-0.2, 0) is 14.8 Å². The van der Waals surface area contributed by atoms with E-state index in [1.165, 1.54) is 13.1 Å². The summed E-state index contributed by atoms with van der Waals surface area (Å²) in [6.45, 7) is 1.28. The summed E-state index contributed by atoms with van der Waals surface area (Å²) < 4.78 is 32.3. The molecular weight excluding hydrogens is 340 g/mol. The number of phenols is 1. The summed E-state index contributed by atoms with van der Waals surface area (Å²) in [5, 5.41) is 13.7. The first-order chi connectivity index (χ1) is 12.0. The van der Waals surface area contributed by atoms with Gasteiger partial charge >= 0.3 is 0 Å². The van der Waals surface area contributed by atoms with Gasteiger partial charge in [0.2, 0.25) is 0 Å². The number of benzene rings is 2. The highest BCUT2D eigenvalue weighted by Gasteiger charge is 2.35. The van der Waals surface area contributed by atoms with Crippen molar-refractivity contribution in [3.05, 3.63) is 53.6 Å². The number of nitrogens with zero attached hydrogens (tertiary/aromatic N) is 1. The monoisotopic (exact) mass is 362 g/mol. The fourth-order valence-corrected chi connectivity index (χ4v) is 4.67. The van der Waals surface area contributed by atoms with Crippen molar-refractivity contribution in [3.8, 4) is 5.75 Å². The first-order valence-electron chi connectivity index (χ1n) is 8.10. The Bertz CT molecular complexity index is 867. The van der Waals surface area contributed by atoms with E-state index in [0.717, 1.165) is 16.3 Å². The van der Waals surface area contributed by atoms with Gasteiger partial charge in [0.1, 0.15) is 5.75 Å². The number of methoxy groups -OCH3 is 1. The minimum absolute atomic E-state index is 0.0555. The van der Waals surface area contributed by atoms with Gasteiger partial charge in [0.05, 0.1) is 16.6 Å². The zero-order valence-electron chi connectivity index (χ0n) is 14.3. The van der Waals surface area contributed by atoms with Gasteiger partial charge in [-0.15, -0.1) is 0 Å². The third kappa shape index (κ3) is 3.10. The Kier molecular flexibility index (Phi) is 4.99. The second-order valence-corrected chi connectivity index (χ2v) is 7.90. The quantitative estimate of drug-likeness (QED) is 0.798. The molecule has 2 aromatic carbocycles. The second-order valence-electron chi connectivity index (χ2n) is 5.96. The van der Waals surface area contributed by atoms with Crippen LogP contribution >= 0.6 is 0 Å². The number of ether oxygens (including phenoxy) is 1. The van der Waals surface area contributed by atoms with Gasteiger partial charge in [0, 0.05) is 26.3 Å². The molecule has 0 fully saturated rings. The summed E-state index contributed by atoms with van der Waals surface area (Å²) in [6, 6.07) is 11.7. The van der Waals surface area contributed by atoms with E-state index < -0.39 is 10.0 Å². The van der Waals surface area contributed by atoms with E-state index in [0.29, 0.717) is 24.4 Å². The lowest BCUT2D eigenvalue weighted by atomic mass is 9.96. The molecule has 0 spiro atoms. The van der Waals surface area contributed by atoms with Crippen molar-refractivity contribution in [2.45, 2.75) is 17.4 Å². The zero-order valence-corrected chi connectivity index (χ0v) is 15.1.